The molecule has 2 saturated carbocycles. The molecule has 0 bridgehead atoms. The summed E-state index contributed by atoms with van der Waals surface area (Å²) in [5.41, 5.74) is 0. The predicted molar refractivity (Wildman–Crippen MR) is 74.9 cm³/mol. The van der Waals surface area contributed by atoms with Crippen LogP contribution in [0.2, 0.25) is 0 Å². The highest BCUT2D eigenvalue weighted by Crippen LogP contribution is 2.28. The number of carbonyl (C=O) groups excluding carboxylic acids is 1. The average Bonchev–Trinajstić information content (AvgIpc) is 2.80. The number of aliphatic hydroxyl groups is 1. The Kier molecular flexibility index (Phi) is 5.18. The first kappa shape index (κ1) is 14.0. The minimum Gasteiger partial charge on any atom is -0.391 e. The molecule has 0 saturated heterocycles. The van der Waals surface area contributed by atoms with Crippen molar-refractivity contribution in [1.29, 1.82) is 0 Å². The molecule has 0 aromatic heterocycles. The van der Waals surface area contributed by atoms with Gasteiger partial charge >= 0.3 is 6.03 Å². The van der Waals surface area contributed by atoms with Crippen molar-refractivity contribution >= 4 is 17.8 Å². The van der Waals surface area contributed by atoms with Gasteiger partial charge in [-0.3, -0.25) is 0 Å². The van der Waals surface area contributed by atoms with Gasteiger partial charge in [0.25, 0.3) is 0 Å². The molecule has 4 nitrogen and oxygen atoms in total. The van der Waals surface area contributed by atoms with Gasteiger partial charge in [-0.15, -0.1) is 0 Å². The standard InChI is InChI=1S/C13H24N2O2S/c1-18-10-7-6-9(8-10)14-13(17)15-11-4-2-3-5-12(11)16/h9-12,16H,2-8H2,1H3,(H2,14,15,17)/t9-,10+,11+,12-/m0/s1. The maximum atomic E-state index is 11.9. The predicted octanol–water partition coefficient (Wildman–Crippen LogP) is 1.87. The third-order valence-corrected chi connectivity index (χ3v) is 5.19. The Balaban J connectivity index is 1.71. The molecule has 2 aliphatic rings. The molecule has 5 heteroatoms. The van der Waals surface area contributed by atoms with Crippen molar-refractivity contribution in [2.24, 2.45) is 0 Å². The van der Waals surface area contributed by atoms with Crippen LogP contribution in [0.15, 0.2) is 0 Å². The third-order valence-electron chi connectivity index (χ3n) is 4.10. The Morgan fingerprint density at radius 3 is 2.61 bits per heavy atom. The molecule has 4 atom stereocenters. The molecule has 0 unspecified atom stereocenters. The van der Waals surface area contributed by atoms with Crippen molar-refractivity contribution in [2.75, 3.05) is 6.26 Å². The summed E-state index contributed by atoms with van der Waals surface area (Å²) in [4.78, 5) is 11.9. The van der Waals surface area contributed by atoms with Crippen LogP contribution in [0.1, 0.15) is 44.9 Å². The Bertz CT molecular complexity index is 288. The number of hydrogen-bond donors (Lipinski definition) is 3. The second kappa shape index (κ2) is 6.66. The normalized spacial score (nSPS) is 36.3. The molecule has 2 amide bonds. The summed E-state index contributed by atoms with van der Waals surface area (Å²) >= 11 is 1.89. The van der Waals surface area contributed by atoms with Gasteiger partial charge in [-0.1, -0.05) is 12.8 Å². The van der Waals surface area contributed by atoms with Gasteiger partial charge in [0.1, 0.15) is 0 Å². The lowest BCUT2D eigenvalue weighted by Crippen LogP contribution is -2.50. The van der Waals surface area contributed by atoms with Crippen molar-refractivity contribution in [3.8, 4) is 0 Å². The van der Waals surface area contributed by atoms with Gasteiger partial charge in [0.15, 0.2) is 0 Å². The van der Waals surface area contributed by atoms with Crippen molar-refractivity contribution in [3.63, 3.8) is 0 Å². The van der Waals surface area contributed by atoms with Gasteiger partial charge in [-0.05, 0) is 38.4 Å². The van der Waals surface area contributed by atoms with Crippen LogP contribution >= 0.6 is 11.8 Å². The first-order chi connectivity index (χ1) is 8.69. The Morgan fingerprint density at radius 2 is 1.94 bits per heavy atom. The molecule has 0 radical (unpaired) electrons. The van der Waals surface area contributed by atoms with E-state index in [1.54, 1.807) is 0 Å². The summed E-state index contributed by atoms with van der Waals surface area (Å²) in [6, 6.07) is 0.146. The molecule has 0 spiro atoms. The highest BCUT2D eigenvalue weighted by atomic mass is 32.2. The second-order valence-corrected chi connectivity index (χ2v) is 6.58. The minimum absolute atomic E-state index is 0.0588. The molecule has 104 valence electrons. The van der Waals surface area contributed by atoms with E-state index in [0.717, 1.165) is 38.5 Å². The second-order valence-electron chi connectivity index (χ2n) is 5.44. The largest absolute Gasteiger partial charge is 0.391 e. The molecule has 0 aromatic carbocycles. The average molecular weight is 272 g/mol. The number of thioether (sulfide) groups is 1. The summed E-state index contributed by atoms with van der Waals surface area (Å²) in [6.07, 6.45) is 8.97. The third kappa shape index (κ3) is 3.79. The van der Waals surface area contributed by atoms with Crippen LogP contribution in [0.3, 0.4) is 0 Å². The molecule has 0 heterocycles. The first-order valence-corrected chi connectivity index (χ1v) is 8.25. The van der Waals surface area contributed by atoms with Crippen LogP contribution < -0.4 is 10.6 Å². The van der Waals surface area contributed by atoms with Crippen LogP contribution in [0, 0.1) is 0 Å². The first-order valence-electron chi connectivity index (χ1n) is 6.97. The maximum Gasteiger partial charge on any atom is 0.315 e. The summed E-state index contributed by atoms with van der Waals surface area (Å²) in [6.45, 7) is 0. The summed E-state index contributed by atoms with van der Waals surface area (Å²) in [7, 11) is 0. The zero-order valence-electron chi connectivity index (χ0n) is 11.0. The topological polar surface area (TPSA) is 61.4 Å². The molecule has 18 heavy (non-hydrogen) atoms. The Hall–Kier alpha value is -0.420. The van der Waals surface area contributed by atoms with Crippen LogP contribution in [0.5, 0.6) is 0 Å². The number of carbonyl (C=O) groups is 1. The molecule has 2 rings (SSSR count). The number of rotatable bonds is 3. The zero-order chi connectivity index (χ0) is 13.0. The number of amides is 2. The number of aliphatic hydroxyl groups excluding tert-OH is 1. The van der Waals surface area contributed by atoms with E-state index in [2.05, 4.69) is 16.9 Å². The number of hydrogen-bond acceptors (Lipinski definition) is 3. The quantitative estimate of drug-likeness (QED) is 0.735. The van der Waals surface area contributed by atoms with E-state index in [9.17, 15) is 9.90 Å². The van der Waals surface area contributed by atoms with Gasteiger partial charge in [-0.2, -0.15) is 11.8 Å². The van der Waals surface area contributed by atoms with Crippen molar-refractivity contribution in [3.05, 3.63) is 0 Å². The summed E-state index contributed by atoms with van der Waals surface area (Å²) in [5.74, 6) is 0. The van der Waals surface area contributed by atoms with Gasteiger partial charge in [0, 0.05) is 11.3 Å². The van der Waals surface area contributed by atoms with Crippen LogP contribution in [0.4, 0.5) is 4.79 Å². The van der Waals surface area contributed by atoms with E-state index >= 15 is 0 Å². The van der Waals surface area contributed by atoms with Gasteiger partial charge in [0.05, 0.1) is 12.1 Å². The van der Waals surface area contributed by atoms with Crippen molar-refractivity contribution < 1.29 is 9.90 Å². The lowest BCUT2D eigenvalue weighted by Gasteiger charge is -2.28. The van der Waals surface area contributed by atoms with Crippen molar-refractivity contribution in [2.45, 2.75) is 68.4 Å². The smallest absolute Gasteiger partial charge is 0.315 e. The fourth-order valence-electron chi connectivity index (χ4n) is 2.96. The van der Waals surface area contributed by atoms with Crippen LogP contribution in [-0.4, -0.2) is 40.8 Å². The van der Waals surface area contributed by atoms with E-state index in [4.69, 9.17) is 0 Å². The summed E-state index contributed by atoms with van der Waals surface area (Å²) < 4.78 is 0. The van der Waals surface area contributed by atoms with Gasteiger partial charge in [0.2, 0.25) is 0 Å². The Morgan fingerprint density at radius 1 is 1.17 bits per heavy atom. The molecule has 2 fully saturated rings. The molecular weight excluding hydrogens is 248 g/mol. The lowest BCUT2D eigenvalue weighted by molar-refractivity contribution is 0.0940. The molecule has 3 N–H and O–H groups in total. The molecular formula is C13H24N2O2S. The van der Waals surface area contributed by atoms with Gasteiger partial charge in [-0.25, -0.2) is 4.79 Å². The lowest BCUT2D eigenvalue weighted by atomic mass is 9.93. The highest BCUT2D eigenvalue weighted by molar-refractivity contribution is 7.99. The van der Waals surface area contributed by atoms with Gasteiger partial charge < -0.3 is 15.7 Å². The van der Waals surface area contributed by atoms with E-state index in [1.165, 1.54) is 6.42 Å². The minimum atomic E-state index is -0.368. The number of nitrogens with one attached hydrogen (secondary N) is 2. The monoisotopic (exact) mass is 272 g/mol. The number of urea groups is 1. The molecule has 0 aromatic rings. The molecule has 0 aliphatic heterocycles. The molecule has 2 aliphatic carbocycles. The van der Waals surface area contributed by atoms with Crippen molar-refractivity contribution in [1.82, 2.24) is 10.6 Å². The van der Waals surface area contributed by atoms with Crippen LogP contribution in [0.25, 0.3) is 0 Å². The maximum absolute atomic E-state index is 11.9. The fourth-order valence-corrected chi connectivity index (χ4v) is 3.76. The SMILES string of the molecule is CS[C@@H]1CC[C@H](NC(=O)N[C@@H]2CCCC[C@@H]2O)C1. The Labute approximate surface area is 113 Å². The van der Waals surface area contributed by atoms with Crippen LogP contribution in [-0.2, 0) is 0 Å². The van der Waals surface area contributed by atoms with E-state index < -0.39 is 0 Å². The van der Waals surface area contributed by atoms with E-state index in [0.29, 0.717) is 11.3 Å². The zero-order valence-corrected chi connectivity index (χ0v) is 11.8. The highest BCUT2D eigenvalue weighted by Gasteiger charge is 2.28. The fraction of sp³-hybridized carbons (Fsp3) is 0.923. The van der Waals surface area contributed by atoms with E-state index in [-0.39, 0.29) is 18.2 Å². The van der Waals surface area contributed by atoms with E-state index in [1.807, 2.05) is 11.8 Å². The summed E-state index contributed by atoms with van der Waals surface area (Å²) in [5, 5.41) is 16.5.